The molecule has 0 aromatic rings. The number of unbranched alkanes of at least 4 members (excludes halogenated alkanes) is 8. The molecule has 1 aliphatic rings. The van der Waals surface area contributed by atoms with Crippen molar-refractivity contribution in [2.75, 3.05) is 0 Å². The number of carbonyl (C=O) groups is 1. The van der Waals surface area contributed by atoms with Crippen LogP contribution >= 0.6 is 0 Å². The second kappa shape index (κ2) is 13.8. The van der Waals surface area contributed by atoms with Gasteiger partial charge in [0.05, 0.1) is 5.41 Å². The Bertz CT molecular complexity index is 464. The average molecular weight is 423 g/mol. The molecule has 30 heavy (non-hydrogen) atoms. The first-order valence-corrected chi connectivity index (χ1v) is 13.4. The van der Waals surface area contributed by atoms with E-state index in [1.165, 1.54) is 70.6 Å². The van der Waals surface area contributed by atoms with E-state index < -0.39 is 11.4 Å². The minimum absolute atomic E-state index is 0.288. The molecule has 0 saturated heterocycles. The fourth-order valence-corrected chi connectivity index (χ4v) is 5.96. The molecule has 0 bridgehead atoms. The summed E-state index contributed by atoms with van der Waals surface area (Å²) in [5.41, 5.74) is -0.188. The number of rotatable bonds is 15. The monoisotopic (exact) mass is 422 g/mol. The predicted octanol–water partition coefficient (Wildman–Crippen LogP) is 9.27. The lowest BCUT2D eigenvalue weighted by atomic mass is 9.55. The molecule has 178 valence electrons. The highest BCUT2D eigenvalue weighted by Gasteiger charge is 2.50. The lowest BCUT2D eigenvalue weighted by Gasteiger charge is -2.48. The van der Waals surface area contributed by atoms with Crippen LogP contribution in [0, 0.1) is 28.6 Å². The highest BCUT2D eigenvalue weighted by atomic mass is 16.4. The second-order valence-electron chi connectivity index (χ2n) is 11.7. The van der Waals surface area contributed by atoms with Gasteiger partial charge in [-0.1, -0.05) is 112 Å². The maximum absolute atomic E-state index is 12.7. The van der Waals surface area contributed by atoms with Gasteiger partial charge < -0.3 is 5.11 Å². The van der Waals surface area contributed by atoms with E-state index in [0.29, 0.717) is 17.8 Å². The average Bonchev–Trinajstić information content (AvgIpc) is 2.67. The number of aliphatic carboxylic acids is 1. The Balaban J connectivity index is 2.77. The molecule has 1 rings (SSSR count). The number of hydrogen-bond acceptors (Lipinski definition) is 1. The van der Waals surface area contributed by atoms with E-state index in [0.717, 1.165) is 32.1 Å². The van der Waals surface area contributed by atoms with Crippen LogP contribution in [0.4, 0.5) is 0 Å². The summed E-state index contributed by atoms with van der Waals surface area (Å²) >= 11 is 0. The topological polar surface area (TPSA) is 37.3 Å². The normalized spacial score (nSPS) is 25.9. The molecule has 1 aliphatic carbocycles. The lowest BCUT2D eigenvalue weighted by Crippen LogP contribution is -2.46. The fraction of sp³-hybridized carbons (Fsp3) is 0.964. The van der Waals surface area contributed by atoms with Crippen molar-refractivity contribution in [3.8, 4) is 0 Å². The predicted molar refractivity (Wildman–Crippen MR) is 131 cm³/mol. The van der Waals surface area contributed by atoms with E-state index in [1.54, 1.807) is 0 Å². The Hall–Kier alpha value is -0.530. The molecule has 1 fully saturated rings. The first kappa shape index (κ1) is 27.5. The van der Waals surface area contributed by atoms with E-state index in [-0.39, 0.29) is 5.41 Å². The summed E-state index contributed by atoms with van der Waals surface area (Å²) in [4.78, 5) is 12.7. The smallest absolute Gasteiger partial charge is 0.309 e. The molecule has 0 aromatic carbocycles. The van der Waals surface area contributed by atoms with Crippen LogP contribution in [-0.2, 0) is 4.79 Å². The van der Waals surface area contributed by atoms with E-state index in [4.69, 9.17) is 0 Å². The summed E-state index contributed by atoms with van der Waals surface area (Å²) in [6.45, 7) is 13.9. The summed E-state index contributed by atoms with van der Waals surface area (Å²) in [7, 11) is 0. The van der Waals surface area contributed by atoms with Gasteiger partial charge in [0.1, 0.15) is 0 Å². The standard InChI is InChI=1S/C28H54O2/c1-7-9-11-13-14-15-17-23(3)22-28(26(29)30)20-19-24(27(4,5)6)21-25(28)18-16-12-10-8-2/h23-25H,7-22H2,1-6H3,(H,29,30). The highest BCUT2D eigenvalue weighted by Crippen LogP contribution is 2.53. The SMILES string of the molecule is CCCCCCCCC(C)CC1(C(=O)O)CCC(C(C)(C)C)CC1CCCCCC. The zero-order valence-electron chi connectivity index (χ0n) is 21.4. The molecule has 0 radical (unpaired) electrons. The van der Waals surface area contributed by atoms with E-state index in [9.17, 15) is 9.90 Å². The van der Waals surface area contributed by atoms with Crippen LogP contribution in [0.2, 0.25) is 0 Å². The summed E-state index contributed by atoms with van der Waals surface area (Å²) in [5.74, 6) is 1.05. The molecule has 0 aliphatic heterocycles. The Morgan fingerprint density at radius 2 is 1.53 bits per heavy atom. The van der Waals surface area contributed by atoms with Crippen molar-refractivity contribution in [3.05, 3.63) is 0 Å². The van der Waals surface area contributed by atoms with Crippen LogP contribution in [-0.4, -0.2) is 11.1 Å². The van der Waals surface area contributed by atoms with Gasteiger partial charge >= 0.3 is 5.97 Å². The van der Waals surface area contributed by atoms with Gasteiger partial charge in [0.2, 0.25) is 0 Å². The fourth-order valence-electron chi connectivity index (χ4n) is 5.96. The molecule has 1 N–H and O–H groups in total. The maximum atomic E-state index is 12.7. The second-order valence-corrected chi connectivity index (χ2v) is 11.7. The largest absolute Gasteiger partial charge is 0.481 e. The van der Waals surface area contributed by atoms with Crippen molar-refractivity contribution in [2.45, 2.75) is 144 Å². The highest BCUT2D eigenvalue weighted by molar-refractivity contribution is 5.75. The van der Waals surface area contributed by atoms with Crippen molar-refractivity contribution < 1.29 is 9.90 Å². The Kier molecular flexibility index (Phi) is 12.6. The van der Waals surface area contributed by atoms with E-state index in [1.807, 2.05) is 0 Å². The molecule has 0 spiro atoms. The Morgan fingerprint density at radius 1 is 0.967 bits per heavy atom. The third-order valence-corrected chi connectivity index (χ3v) is 8.11. The molecular weight excluding hydrogens is 368 g/mol. The van der Waals surface area contributed by atoms with Crippen LogP contribution in [0.3, 0.4) is 0 Å². The van der Waals surface area contributed by atoms with Gasteiger partial charge in [0.15, 0.2) is 0 Å². The van der Waals surface area contributed by atoms with Crippen LogP contribution < -0.4 is 0 Å². The minimum Gasteiger partial charge on any atom is -0.481 e. The molecular formula is C28H54O2. The van der Waals surface area contributed by atoms with Gasteiger partial charge in [0, 0.05) is 0 Å². The van der Waals surface area contributed by atoms with Crippen molar-refractivity contribution in [1.82, 2.24) is 0 Å². The van der Waals surface area contributed by atoms with Crippen molar-refractivity contribution in [3.63, 3.8) is 0 Å². The molecule has 1 saturated carbocycles. The van der Waals surface area contributed by atoms with Crippen molar-refractivity contribution in [2.24, 2.45) is 28.6 Å². The van der Waals surface area contributed by atoms with Gasteiger partial charge in [-0.05, 0) is 55.3 Å². The van der Waals surface area contributed by atoms with Crippen molar-refractivity contribution in [1.29, 1.82) is 0 Å². The van der Waals surface area contributed by atoms with Gasteiger partial charge in [0.25, 0.3) is 0 Å². The van der Waals surface area contributed by atoms with Gasteiger partial charge in [-0.15, -0.1) is 0 Å². The first-order valence-electron chi connectivity index (χ1n) is 13.4. The molecule has 2 heteroatoms. The van der Waals surface area contributed by atoms with Crippen LogP contribution in [0.15, 0.2) is 0 Å². The zero-order valence-corrected chi connectivity index (χ0v) is 21.4. The summed E-state index contributed by atoms with van der Waals surface area (Å²) in [5, 5.41) is 10.5. The molecule has 2 nitrogen and oxygen atoms in total. The molecule has 0 heterocycles. The van der Waals surface area contributed by atoms with Crippen molar-refractivity contribution >= 4 is 5.97 Å². The minimum atomic E-state index is -0.495. The van der Waals surface area contributed by atoms with Crippen LogP contribution in [0.25, 0.3) is 0 Å². The molecule has 4 atom stereocenters. The Morgan fingerprint density at radius 3 is 2.10 bits per heavy atom. The summed E-state index contributed by atoms with van der Waals surface area (Å²) < 4.78 is 0. The summed E-state index contributed by atoms with van der Waals surface area (Å²) in [6.07, 6.45) is 19.2. The molecule has 4 unspecified atom stereocenters. The van der Waals surface area contributed by atoms with Crippen LogP contribution in [0.5, 0.6) is 0 Å². The number of carboxylic acids is 1. The van der Waals surface area contributed by atoms with Gasteiger partial charge in [-0.25, -0.2) is 0 Å². The third kappa shape index (κ3) is 8.91. The number of carboxylic acid groups (broad SMARTS) is 1. The van der Waals surface area contributed by atoms with Gasteiger partial charge in [-0.3, -0.25) is 4.79 Å². The zero-order chi connectivity index (χ0) is 22.6. The third-order valence-electron chi connectivity index (χ3n) is 8.11. The first-order chi connectivity index (χ1) is 14.2. The van der Waals surface area contributed by atoms with E-state index >= 15 is 0 Å². The molecule has 0 aromatic heterocycles. The molecule has 0 amide bonds. The quantitative estimate of drug-likeness (QED) is 0.267. The number of hydrogen-bond donors (Lipinski definition) is 1. The van der Waals surface area contributed by atoms with Gasteiger partial charge in [-0.2, -0.15) is 0 Å². The maximum Gasteiger partial charge on any atom is 0.309 e. The Labute approximate surface area is 189 Å². The summed E-state index contributed by atoms with van der Waals surface area (Å²) in [6, 6.07) is 0. The lowest BCUT2D eigenvalue weighted by molar-refractivity contribution is -0.160. The van der Waals surface area contributed by atoms with E-state index in [2.05, 4.69) is 41.5 Å². The van der Waals surface area contributed by atoms with Crippen LogP contribution in [0.1, 0.15) is 144 Å².